The molecule has 0 rings (SSSR count). The van der Waals surface area contributed by atoms with Gasteiger partial charge >= 0.3 is 35.8 Å². The Bertz CT molecular complexity index is 1350. The molecule has 0 aliphatic carbocycles. The van der Waals surface area contributed by atoms with Crippen molar-refractivity contribution in [2.75, 3.05) is 13.2 Å². The van der Waals surface area contributed by atoms with Crippen molar-refractivity contribution in [1.29, 1.82) is 0 Å². The van der Waals surface area contributed by atoms with E-state index >= 15 is 0 Å². The van der Waals surface area contributed by atoms with Gasteiger partial charge in [0.05, 0.1) is 13.2 Å². The molecule has 0 aromatic heterocycles. The van der Waals surface area contributed by atoms with Crippen LogP contribution in [0.2, 0.25) is 0 Å². The molecule has 0 aromatic carbocycles. The Balaban J connectivity index is 4.04. The fourth-order valence-corrected chi connectivity index (χ4v) is 9.31. The normalized spacial score (nSPS) is 12.9. The molecule has 434 valence electrons. The van der Waals surface area contributed by atoms with Crippen LogP contribution in [0.3, 0.4) is 0 Å². The van der Waals surface area contributed by atoms with Crippen molar-refractivity contribution in [3.05, 3.63) is 0 Å². The molecule has 0 fully saturated rings. The molecule has 12 nitrogen and oxygen atoms in total. The third-order valence-electron chi connectivity index (χ3n) is 13.8. The molecule has 4 unspecified atom stereocenters. The van der Waals surface area contributed by atoms with E-state index in [9.17, 15) is 28.8 Å². The second kappa shape index (κ2) is 53.2. The van der Waals surface area contributed by atoms with Gasteiger partial charge in [0.25, 0.3) is 0 Å². The first-order valence-corrected chi connectivity index (χ1v) is 31.1. The van der Waals surface area contributed by atoms with Crippen LogP contribution < -0.4 is 0 Å². The van der Waals surface area contributed by atoms with Crippen molar-refractivity contribution in [1.82, 2.24) is 0 Å². The summed E-state index contributed by atoms with van der Waals surface area (Å²) in [5.41, 5.74) is 0. The molecule has 0 amide bonds. The van der Waals surface area contributed by atoms with E-state index in [4.69, 9.17) is 28.4 Å². The van der Waals surface area contributed by atoms with Crippen LogP contribution in [0, 0.1) is 0 Å². The number of ether oxygens (including phenoxy) is 6. The van der Waals surface area contributed by atoms with Gasteiger partial charge in [0.1, 0.15) is 24.4 Å². The van der Waals surface area contributed by atoms with E-state index in [0.717, 1.165) is 231 Å². The summed E-state index contributed by atoms with van der Waals surface area (Å²) in [4.78, 5) is 73.9. The predicted molar refractivity (Wildman–Crippen MR) is 299 cm³/mol. The monoisotopic (exact) mass is 1050 g/mol. The summed E-state index contributed by atoms with van der Waals surface area (Å²) in [6.45, 7) is 13.3. The molecule has 12 heteroatoms. The number of unbranched alkanes of at least 4 members (excludes halogenated alkanes) is 21. The van der Waals surface area contributed by atoms with E-state index in [1.165, 1.54) is 6.42 Å². The molecule has 0 radical (unpaired) electrons. The van der Waals surface area contributed by atoms with Crippen molar-refractivity contribution < 1.29 is 57.2 Å². The molecule has 0 aliphatic rings. The third-order valence-corrected chi connectivity index (χ3v) is 13.8. The average molecular weight is 1050 g/mol. The summed E-state index contributed by atoms with van der Waals surface area (Å²) in [5, 5.41) is 0. The van der Waals surface area contributed by atoms with Gasteiger partial charge in [-0.2, -0.15) is 0 Å². The Labute approximate surface area is 453 Å². The molecule has 0 aromatic rings. The highest BCUT2D eigenvalue weighted by Gasteiger charge is 2.22. The van der Waals surface area contributed by atoms with Crippen LogP contribution in [-0.2, 0) is 57.2 Å². The first-order chi connectivity index (χ1) is 36.0. The van der Waals surface area contributed by atoms with Gasteiger partial charge in [-0.1, -0.05) is 157 Å². The molecule has 0 N–H and O–H groups in total. The molecule has 0 aliphatic heterocycles. The van der Waals surface area contributed by atoms with Gasteiger partial charge in [-0.3, -0.25) is 28.8 Å². The Hall–Kier alpha value is -3.18. The van der Waals surface area contributed by atoms with Crippen LogP contribution in [0.4, 0.5) is 0 Å². The maximum Gasteiger partial charge on any atom is 0.306 e. The molecule has 0 spiro atoms. The molecule has 0 saturated heterocycles. The van der Waals surface area contributed by atoms with Gasteiger partial charge in [-0.15, -0.1) is 0 Å². The number of hydrogen-bond donors (Lipinski definition) is 0. The van der Waals surface area contributed by atoms with E-state index in [1.807, 2.05) is 27.7 Å². The average Bonchev–Trinajstić information content (AvgIpc) is 3.36. The van der Waals surface area contributed by atoms with Crippen molar-refractivity contribution in [2.24, 2.45) is 0 Å². The lowest BCUT2D eigenvalue weighted by molar-refractivity contribution is -0.154. The van der Waals surface area contributed by atoms with Crippen molar-refractivity contribution in [3.8, 4) is 0 Å². The molecular weight excluding hydrogens is 937 g/mol. The highest BCUT2D eigenvalue weighted by Crippen LogP contribution is 2.23. The molecule has 0 saturated carbocycles. The van der Waals surface area contributed by atoms with Crippen molar-refractivity contribution in [2.45, 2.75) is 348 Å². The maximum absolute atomic E-state index is 12.4. The van der Waals surface area contributed by atoms with Crippen LogP contribution in [0.15, 0.2) is 0 Å². The standard InChI is InChI=1S/C62H114O12/c1-7-13-15-30-42-54(72-60(66)38-10-4)49-50-56(74-62(68)40-12-6)44-32-24-22-26-34-46-58(64)70-52-36-28-21-17-16-20-27-35-51-69-57(63)45-33-25-19-18-23-31-43-55(73-61(67)39-11-5)48-47-53(41-29-14-8-2)71-59(65)37-9-3/h53-56H,7-52H2,1-6H3. The largest absolute Gasteiger partial charge is 0.466 e. The zero-order valence-corrected chi connectivity index (χ0v) is 48.7. The first-order valence-electron chi connectivity index (χ1n) is 31.1. The fraction of sp³-hybridized carbons (Fsp3) is 0.903. The molecule has 0 bridgehead atoms. The lowest BCUT2D eigenvalue weighted by Gasteiger charge is -2.22. The van der Waals surface area contributed by atoms with Crippen LogP contribution in [-0.4, -0.2) is 73.4 Å². The second-order valence-electron chi connectivity index (χ2n) is 21.2. The Morgan fingerprint density at radius 2 is 0.459 bits per heavy atom. The molecular formula is C62H114O12. The van der Waals surface area contributed by atoms with Crippen LogP contribution in [0.5, 0.6) is 0 Å². The van der Waals surface area contributed by atoms with Gasteiger partial charge < -0.3 is 28.4 Å². The van der Waals surface area contributed by atoms with Gasteiger partial charge in [0, 0.05) is 38.5 Å². The summed E-state index contributed by atoms with van der Waals surface area (Å²) in [5.74, 6) is -0.759. The van der Waals surface area contributed by atoms with Gasteiger partial charge in [-0.05, 0) is 128 Å². The maximum atomic E-state index is 12.4. The quantitative estimate of drug-likeness (QED) is 0.0323. The van der Waals surface area contributed by atoms with Crippen LogP contribution >= 0.6 is 0 Å². The zero-order valence-electron chi connectivity index (χ0n) is 48.7. The molecule has 0 heterocycles. The Morgan fingerprint density at radius 3 is 0.743 bits per heavy atom. The minimum atomic E-state index is -0.160. The highest BCUT2D eigenvalue weighted by atomic mass is 16.6. The van der Waals surface area contributed by atoms with E-state index in [2.05, 4.69) is 13.8 Å². The van der Waals surface area contributed by atoms with E-state index < -0.39 is 0 Å². The summed E-state index contributed by atoms with van der Waals surface area (Å²) in [6.07, 6.45) is 38.5. The fourth-order valence-electron chi connectivity index (χ4n) is 9.31. The number of rotatable bonds is 55. The smallest absolute Gasteiger partial charge is 0.306 e. The number of hydrogen-bond acceptors (Lipinski definition) is 12. The highest BCUT2D eigenvalue weighted by molar-refractivity contribution is 5.71. The van der Waals surface area contributed by atoms with E-state index in [1.54, 1.807) is 0 Å². The number of carbonyl (C=O) groups excluding carboxylic acids is 6. The van der Waals surface area contributed by atoms with Crippen molar-refractivity contribution in [3.63, 3.8) is 0 Å². The van der Waals surface area contributed by atoms with Gasteiger partial charge in [0.15, 0.2) is 0 Å². The Morgan fingerprint density at radius 1 is 0.230 bits per heavy atom. The SMILES string of the molecule is CCCCCCC(CCC(CCCCCCCC(=O)OCCCCCCCCCCOC(=O)CCCCCCCCC(CCC(CCCCC)OC(=O)CCC)OC(=O)CCC)OC(=O)CCC)OC(=O)CCC. The third kappa shape index (κ3) is 47.3. The Kier molecular flexibility index (Phi) is 50.9. The van der Waals surface area contributed by atoms with E-state index in [0.29, 0.717) is 58.2 Å². The molecule has 74 heavy (non-hydrogen) atoms. The summed E-state index contributed by atoms with van der Waals surface area (Å²) in [6, 6.07) is 0. The minimum Gasteiger partial charge on any atom is -0.466 e. The van der Waals surface area contributed by atoms with Crippen molar-refractivity contribution >= 4 is 35.8 Å². The van der Waals surface area contributed by atoms with E-state index in [-0.39, 0.29) is 60.2 Å². The number of carbonyl (C=O) groups is 6. The topological polar surface area (TPSA) is 158 Å². The summed E-state index contributed by atoms with van der Waals surface area (Å²) in [7, 11) is 0. The minimum absolute atomic E-state index is 0.0989. The summed E-state index contributed by atoms with van der Waals surface area (Å²) >= 11 is 0. The lowest BCUT2D eigenvalue weighted by atomic mass is 9.99. The van der Waals surface area contributed by atoms with Crippen LogP contribution in [0.1, 0.15) is 324 Å². The first kappa shape index (κ1) is 70.8. The lowest BCUT2D eigenvalue weighted by Crippen LogP contribution is -2.23. The van der Waals surface area contributed by atoms with Gasteiger partial charge in [0.2, 0.25) is 0 Å². The molecule has 4 atom stereocenters. The van der Waals surface area contributed by atoms with Gasteiger partial charge in [-0.25, -0.2) is 0 Å². The zero-order chi connectivity index (χ0) is 54.5. The summed E-state index contributed by atoms with van der Waals surface area (Å²) < 4.78 is 34.4. The number of esters is 6. The predicted octanol–water partition coefficient (Wildman–Crippen LogP) is 17.0. The second-order valence-corrected chi connectivity index (χ2v) is 21.2. The van der Waals surface area contributed by atoms with Crippen LogP contribution in [0.25, 0.3) is 0 Å².